The molecule has 1 nitrogen and oxygen atoms in total. The Kier molecular flexibility index (Phi) is 1.86. The van der Waals surface area contributed by atoms with Gasteiger partial charge in [0, 0.05) is 5.56 Å². The highest BCUT2D eigenvalue weighted by atomic mass is 35.5. The Hall–Kier alpha value is -0.600. The zero-order valence-electron chi connectivity index (χ0n) is 7.22. The van der Waals surface area contributed by atoms with Crippen molar-refractivity contribution in [1.29, 1.82) is 0 Å². The maximum absolute atomic E-state index is 13.4. The highest BCUT2D eigenvalue weighted by molar-refractivity contribution is 6.30. The van der Waals surface area contributed by atoms with Crippen molar-refractivity contribution in [2.24, 2.45) is 5.92 Å². The molecule has 0 radical (unpaired) electrons. The molecule has 0 aromatic heterocycles. The van der Waals surface area contributed by atoms with E-state index < -0.39 is 11.4 Å². The predicted octanol–water partition coefficient (Wildman–Crippen LogP) is 2.71. The lowest BCUT2D eigenvalue weighted by Gasteiger charge is -2.11. The molecule has 2 atom stereocenters. The minimum absolute atomic E-state index is 0.0741. The second-order valence-electron chi connectivity index (χ2n) is 3.63. The van der Waals surface area contributed by atoms with E-state index in [1.165, 1.54) is 6.07 Å². The van der Waals surface area contributed by atoms with E-state index in [1.54, 1.807) is 12.1 Å². The zero-order chi connectivity index (χ0) is 9.64. The van der Waals surface area contributed by atoms with E-state index in [9.17, 15) is 9.50 Å². The van der Waals surface area contributed by atoms with Crippen molar-refractivity contribution < 1.29 is 9.50 Å². The average Bonchev–Trinajstić information content (AvgIpc) is 2.67. The van der Waals surface area contributed by atoms with E-state index in [0.717, 1.165) is 0 Å². The third-order valence-electron chi connectivity index (χ3n) is 2.69. The number of halogens is 2. The van der Waals surface area contributed by atoms with Gasteiger partial charge in [-0.15, -0.1) is 0 Å². The molecule has 0 aliphatic heterocycles. The Labute approximate surface area is 81.1 Å². The molecule has 1 N–H and O–H groups in total. The highest BCUT2D eigenvalue weighted by Gasteiger charge is 2.52. The van der Waals surface area contributed by atoms with Crippen molar-refractivity contribution in [2.45, 2.75) is 18.9 Å². The highest BCUT2D eigenvalue weighted by Crippen LogP contribution is 2.52. The Bertz CT molecular complexity index is 353. The first-order valence-corrected chi connectivity index (χ1v) is 4.60. The van der Waals surface area contributed by atoms with Gasteiger partial charge < -0.3 is 5.11 Å². The lowest BCUT2D eigenvalue weighted by atomic mass is 10.1. The molecule has 1 aliphatic carbocycles. The molecule has 1 fully saturated rings. The summed E-state index contributed by atoms with van der Waals surface area (Å²) in [6, 6.07) is 4.73. The van der Waals surface area contributed by atoms with Crippen molar-refractivity contribution >= 4 is 11.6 Å². The van der Waals surface area contributed by atoms with Gasteiger partial charge in [0.05, 0.1) is 10.6 Å². The summed E-state index contributed by atoms with van der Waals surface area (Å²) >= 11 is 5.61. The molecule has 1 aromatic rings. The first-order valence-electron chi connectivity index (χ1n) is 4.22. The zero-order valence-corrected chi connectivity index (χ0v) is 7.98. The summed E-state index contributed by atoms with van der Waals surface area (Å²) in [6.07, 6.45) is 0.615. The monoisotopic (exact) mass is 200 g/mol. The number of hydrogen-bond donors (Lipinski definition) is 1. The molecule has 3 heteroatoms. The number of hydrogen-bond acceptors (Lipinski definition) is 1. The van der Waals surface area contributed by atoms with Gasteiger partial charge in [0.15, 0.2) is 0 Å². The van der Waals surface area contributed by atoms with E-state index in [2.05, 4.69) is 0 Å². The van der Waals surface area contributed by atoms with Gasteiger partial charge in [-0.2, -0.15) is 0 Å². The van der Waals surface area contributed by atoms with Crippen LogP contribution in [0.15, 0.2) is 18.2 Å². The SMILES string of the molecule is CC1CC1(O)c1cccc(Cl)c1F. The van der Waals surface area contributed by atoms with Crippen LogP contribution < -0.4 is 0 Å². The van der Waals surface area contributed by atoms with Gasteiger partial charge in [-0.25, -0.2) is 4.39 Å². The minimum Gasteiger partial charge on any atom is -0.385 e. The molecule has 0 spiro atoms. The number of aliphatic hydroxyl groups is 1. The third-order valence-corrected chi connectivity index (χ3v) is 2.98. The van der Waals surface area contributed by atoms with Gasteiger partial charge in [0.2, 0.25) is 0 Å². The van der Waals surface area contributed by atoms with Crippen molar-refractivity contribution in [2.75, 3.05) is 0 Å². The summed E-state index contributed by atoms with van der Waals surface area (Å²) in [4.78, 5) is 0. The maximum atomic E-state index is 13.4. The molecular weight excluding hydrogens is 191 g/mol. The van der Waals surface area contributed by atoms with Gasteiger partial charge in [-0.3, -0.25) is 0 Å². The van der Waals surface area contributed by atoms with E-state index in [-0.39, 0.29) is 10.9 Å². The van der Waals surface area contributed by atoms with Crippen LogP contribution in [-0.2, 0) is 5.60 Å². The largest absolute Gasteiger partial charge is 0.385 e. The molecule has 2 rings (SSSR count). The predicted molar refractivity (Wildman–Crippen MR) is 49.1 cm³/mol. The maximum Gasteiger partial charge on any atom is 0.147 e. The summed E-state index contributed by atoms with van der Waals surface area (Å²) in [6.45, 7) is 1.89. The van der Waals surface area contributed by atoms with Crippen LogP contribution in [0.4, 0.5) is 4.39 Å². The molecule has 13 heavy (non-hydrogen) atoms. The fourth-order valence-corrected chi connectivity index (χ4v) is 1.80. The molecule has 2 unspecified atom stereocenters. The standard InChI is InChI=1S/C10H10ClFO/c1-6-5-10(6,13)7-3-2-4-8(11)9(7)12/h2-4,6,13H,5H2,1H3. The second-order valence-corrected chi connectivity index (χ2v) is 4.04. The molecule has 0 bridgehead atoms. The first kappa shape index (κ1) is 8.97. The van der Waals surface area contributed by atoms with Crippen LogP contribution in [0.25, 0.3) is 0 Å². The van der Waals surface area contributed by atoms with Crippen molar-refractivity contribution in [1.82, 2.24) is 0 Å². The van der Waals surface area contributed by atoms with Crippen LogP contribution >= 0.6 is 11.6 Å². The smallest absolute Gasteiger partial charge is 0.147 e. The average molecular weight is 201 g/mol. The van der Waals surface area contributed by atoms with E-state index in [1.807, 2.05) is 6.92 Å². The first-order chi connectivity index (χ1) is 6.05. The fourth-order valence-electron chi connectivity index (χ4n) is 1.62. The van der Waals surface area contributed by atoms with Crippen LogP contribution in [0.3, 0.4) is 0 Å². The molecular formula is C10H10ClFO. The lowest BCUT2D eigenvalue weighted by Crippen LogP contribution is -2.10. The van der Waals surface area contributed by atoms with Crippen molar-refractivity contribution in [3.63, 3.8) is 0 Å². The third kappa shape index (κ3) is 1.25. The molecule has 70 valence electrons. The Morgan fingerprint density at radius 2 is 2.23 bits per heavy atom. The molecule has 0 amide bonds. The number of rotatable bonds is 1. The van der Waals surface area contributed by atoms with Crippen LogP contribution in [-0.4, -0.2) is 5.11 Å². The van der Waals surface area contributed by atoms with Gasteiger partial charge in [-0.1, -0.05) is 30.7 Å². The Morgan fingerprint density at radius 1 is 1.62 bits per heavy atom. The molecule has 1 aromatic carbocycles. The summed E-state index contributed by atoms with van der Waals surface area (Å²) in [5.74, 6) is -0.364. The summed E-state index contributed by atoms with van der Waals surface area (Å²) in [5, 5.41) is 9.95. The van der Waals surface area contributed by atoms with E-state index in [4.69, 9.17) is 11.6 Å². The van der Waals surface area contributed by atoms with Crippen LogP contribution in [0, 0.1) is 11.7 Å². The molecule has 1 aliphatic rings. The second kappa shape index (κ2) is 2.69. The van der Waals surface area contributed by atoms with Gasteiger partial charge in [0.25, 0.3) is 0 Å². The van der Waals surface area contributed by atoms with Crippen LogP contribution in [0.5, 0.6) is 0 Å². The molecule has 0 heterocycles. The Balaban J connectivity index is 2.47. The minimum atomic E-state index is -0.977. The van der Waals surface area contributed by atoms with Gasteiger partial charge >= 0.3 is 0 Å². The topological polar surface area (TPSA) is 20.2 Å². The molecule has 0 saturated heterocycles. The normalized spacial score (nSPS) is 31.8. The van der Waals surface area contributed by atoms with E-state index >= 15 is 0 Å². The summed E-state index contributed by atoms with van der Waals surface area (Å²) in [7, 11) is 0. The van der Waals surface area contributed by atoms with Crippen LogP contribution in [0.1, 0.15) is 18.9 Å². The van der Waals surface area contributed by atoms with Crippen molar-refractivity contribution in [3.05, 3.63) is 34.6 Å². The lowest BCUT2D eigenvalue weighted by molar-refractivity contribution is 0.130. The van der Waals surface area contributed by atoms with Crippen LogP contribution in [0.2, 0.25) is 5.02 Å². The Morgan fingerprint density at radius 3 is 2.77 bits per heavy atom. The molecule has 1 saturated carbocycles. The quantitative estimate of drug-likeness (QED) is 0.739. The summed E-state index contributed by atoms with van der Waals surface area (Å²) in [5.41, 5.74) is -0.651. The van der Waals surface area contributed by atoms with E-state index in [0.29, 0.717) is 12.0 Å². The van der Waals surface area contributed by atoms with Gasteiger partial charge in [0.1, 0.15) is 5.82 Å². The number of benzene rings is 1. The van der Waals surface area contributed by atoms with Crippen molar-refractivity contribution in [3.8, 4) is 0 Å². The van der Waals surface area contributed by atoms with Gasteiger partial charge in [-0.05, 0) is 18.4 Å². The summed E-state index contributed by atoms with van der Waals surface area (Å²) < 4.78 is 13.4. The fraction of sp³-hybridized carbons (Fsp3) is 0.400.